The van der Waals surface area contributed by atoms with Crippen molar-refractivity contribution in [2.75, 3.05) is 11.9 Å². The van der Waals surface area contributed by atoms with Gasteiger partial charge < -0.3 is 10.2 Å². The molecule has 1 N–H and O–H groups in total. The Bertz CT molecular complexity index is 806. The highest BCUT2D eigenvalue weighted by molar-refractivity contribution is 5.97. The first-order valence-electron chi connectivity index (χ1n) is 8.14. The van der Waals surface area contributed by atoms with Crippen LogP contribution < -0.4 is 5.32 Å². The van der Waals surface area contributed by atoms with E-state index in [-0.39, 0.29) is 24.8 Å². The molecule has 0 bridgehead atoms. The molecular formula is C19H18F2N2O2. The third-order valence-electron chi connectivity index (χ3n) is 4.18. The zero-order valence-corrected chi connectivity index (χ0v) is 13.8. The minimum atomic E-state index is -0.663. The molecule has 0 unspecified atom stereocenters. The number of carbonyl (C=O) groups excluding carboxylic acids is 2. The van der Waals surface area contributed by atoms with Crippen LogP contribution in [-0.2, 0) is 9.59 Å². The number of nitrogens with one attached hydrogen (secondary N) is 1. The van der Waals surface area contributed by atoms with Crippen molar-refractivity contribution < 1.29 is 18.4 Å². The quantitative estimate of drug-likeness (QED) is 0.924. The topological polar surface area (TPSA) is 49.4 Å². The summed E-state index contributed by atoms with van der Waals surface area (Å²) in [5.41, 5.74) is 1.55. The molecule has 1 aliphatic rings. The first kappa shape index (κ1) is 17.1. The van der Waals surface area contributed by atoms with E-state index in [0.717, 1.165) is 0 Å². The van der Waals surface area contributed by atoms with E-state index in [0.29, 0.717) is 23.2 Å². The van der Waals surface area contributed by atoms with Gasteiger partial charge in [-0.2, -0.15) is 0 Å². The first-order valence-corrected chi connectivity index (χ1v) is 8.14. The molecule has 1 aliphatic heterocycles. The number of rotatable bonds is 3. The van der Waals surface area contributed by atoms with Crippen molar-refractivity contribution in [3.63, 3.8) is 0 Å². The molecule has 2 amide bonds. The van der Waals surface area contributed by atoms with Crippen molar-refractivity contribution in [1.82, 2.24) is 4.90 Å². The molecule has 2 aromatic rings. The van der Waals surface area contributed by atoms with Gasteiger partial charge >= 0.3 is 0 Å². The van der Waals surface area contributed by atoms with Gasteiger partial charge in [-0.3, -0.25) is 9.59 Å². The first-order chi connectivity index (χ1) is 12.0. The SMILES string of the molecule is CCCC(=O)N1CC(=O)Nc2ccc(F)cc2[C@H]1c1ccc(F)cc1. The number of hydrogen-bond acceptors (Lipinski definition) is 2. The molecule has 0 spiro atoms. The van der Waals surface area contributed by atoms with Crippen molar-refractivity contribution in [3.05, 3.63) is 65.2 Å². The third-order valence-corrected chi connectivity index (χ3v) is 4.18. The van der Waals surface area contributed by atoms with Gasteiger partial charge in [0.1, 0.15) is 18.2 Å². The second kappa shape index (κ2) is 7.01. The van der Waals surface area contributed by atoms with Crippen LogP contribution in [0.3, 0.4) is 0 Å². The molecule has 130 valence electrons. The van der Waals surface area contributed by atoms with Gasteiger partial charge in [0, 0.05) is 17.7 Å². The summed E-state index contributed by atoms with van der Waals surface area (Å²) in [4.78, 5) is 26.3. The predicted molar refractivity (Wildman–Crippen MR) is 89.9 cm³/mol. The highest BCUT2D eigenvalue weighted by Gasteiger charge is 2.33. The Balaban J connectivity index is 2.17. The summed E-state index contributed by atoms with van der Waals surface area (Å²) in [6.45, 7) is 1.73. The Morgan fingerprint density at radius 2 is 1.84 bits per heavy atom. The van der Waals surface area contributed by atoms with E-state index in [4.69, 9.17) is 0 Å². The molecular weight excluding hydrogens is 326 g/mol. The normalized spacial score (nSPS) is 16.8. The second-order valence-electron chi connectivity index (χ2n) is 6.01. The van der Waals surface area contributed by atoms with Gasteiger partial charge in [-0.25, -0.2) is 8.78 Å². The van der Waals surface area contributed by atoms with E-state index in [1.807, 2.05) is 6.92 Å². The van der Waals surface area contributed by atoms with Gasteiger partial charge in [0.05, 0.1) is 6.04 Å². The summed E-state index contributed by atoms with van der Waals surface area (Å²) in [7, 11) is 0. The minimum Gasteiger partial charge on any atom is -0.324 e. The fourth-order valence-corrected chi connectivity index (χ4v) is 3.07. The van der Waals surface area contributed by atoms with Crippen molar-refractivity contribution in [2.24, 2.45) is 0 Å². The standard InChI is InChI=1S/C19H18F2N2O2/c1-2-3-18(25)23-11-17(24)22-16-9-8-14(21)10-15(16)19(23)12-4-6-13(20)7-5-12/h4-10,19H,2-3,11H2,1H3,(H,22,24)/t19-/m1/s1. The minimum absolute atomic E-state index is 0.142. The van der Waals surface area contributed by atoms with Crippen LogP contribution in [-0.4, -0.2) is 23.3 Å². The Labute approximate surface area is 144 Å². The summed E-state index contributed by atoms with van der Waals surface area (Å²) in [5.74, 6) is -1.42. The van der Waals surface area contributed by atoms with Gasteiger partial charge in [-0.1, -0.05) is 19.1 Å². The number of amides is 2. The molecule has 0 aromatic heterocycles. The maximum Gasteiger partial charge on any atom is 0.244 e. The monoisotopic (exact) mass is 344 g/mol. The highest BCUT2D eigenvalue weighted by Crippen LogP contribution is 2.36. The van der Waals surface area contributed by atoms with Gasteiger partial charge in [0.25, 0.3) is 0 Å². The lowest BCUT2D eigenvalue weighted by Crippen LogP contribution is -2.38. The molecule has 0 aliphatic carbocycles. The second-order valence-corrected chi connectivity index (χ2v) is 6.01. The largest absolute Gasteiger partial charge is 0.324 e. The molecule has 4 nitrogen and oxygen atoms in total. The highest BCUT2D eigenvalue weighted by atomic mass is 19.1. The number of fused-ring (bicyclic) bond motifs is 1. The molecule has 2 aromatic carbocycles. The van der Waals surface area contributed by atoms with Crippen LogP contribution in [0, 0.1) is 11.6 Å². The zero-order valence-electron chi connectivity index (χ0n) is 13.8. The zero-order chi connectivity index (χ0) is 18.0. The Hall–Kier alpha value is -2.76. The summed E-state index contributed by atoms with van der Waals surface area (Å²) in [6, 6.07) is 9.06. The molecule has 1 atom stereocenters. The van der Waals surface area contributed by atoms with E-state index >= 15 is 0 Å². The molecule has 0 saturated heterocycles. The number of carbonyl (C=O) groups is 2. The molecule has 0 fully saturated rings. The maximum atomic E-state index is 13.9. The van der Waals surface area contributed by atoms with E-state index in [2.05, 4.69) is 5.32 Å². The number of anilines is 1. The van der Waals surface area contributed by atoms with Gasteiger partial charge in [-0.15, -0.1) is 0 Å². The Morgan fingerprint density at radius 1 is 1.16 bits per heavy atom. The molecule has 0 saturated carbocycles. The molecule has 1 heterocycles. The van der Waals surface area contributed by atoms with E-state index in [1.165, 1.54) is 35.2 Å². The van der Waals surface area contributed by atoms with Crippen molar-refractivity contribution in [3.8, 4) is 0 Å². The predicted octanol–water partition coefficient (Wildman–Crippen LogP) is 3.64. The van der Waals surface area contributed by atoms with Crippen molar-refractivity contribution in [1.29, 1.82) is 0 Å². The van der Waals surface area contributed by atoms with Crippen LogP contribution in [0.15, 0.2) is 42.5 Å². The van der Waals surface area contributed by atoms with E-state index in [9.17, 15) is 18.4 Å². The van der Waals surface area contributed by atoms with Crippen molar-refractivity contribution >= 4 is 17.5 Å². The van der Waals surface area contributed by atoms with Gasteiger partial charge in [0.15, 0.2) is 0 Å². The van der Waals surface area contributed by atoms with Crippen LogP contribution in [0.4, 0.5) is 14.5 Å². The van der Waals surface area contributed by atoms with Crippen LogP contribution >= 0.6 is 0 Å². The lowest BCUT2D eigenvalue weighted by Gasteiger charge is -2.30. The van der Waals surface area contributed by atoms with E-state index in [1.54, 1.807) is 12.1 Å². The lowest BCUT2D eigenvalue weighted by atomic mass is 9.95. The lowest BCUT2D eigenvalue weighted by molar-refractivity contribution is -0.136. The summed E-state index contributed by atoms with van der Waals surface area (Å²) in [6.07, 6.45) is 0.902. The summed E-state index contributed by atoms with van der Waals surface area (Å²) in [5, 5.41) is 2.71. The molecule has 6 heteroatoms. The van der Waals surface area contributed by atoms with Crippen LogP contribution in [0.1, 0.15) is 36.9 Å². The van der Waals surface area contributed by atoms with Gasteiger partial charge in [0.2, 0.25) is 11.8 Å². The third kappa shape index (κ3) is 3.52. The Kier molecular flexibility index (Phi) is 4.79. The Morgan fingerprint density at radius 3 is 2.52 bits per heavy atom. The number of benzene rings is 2. The summed E-state index contributed by atoms with van der Waals surface area (Å²) >= 11 is 0. The van der Waals surface area contributed by atoms with Crippen LogP contribution in [0.25, 0.3) is 0 Å². The fourth-order valence-electron chi connectivity index (χ4n) is 3.07. The van der Waals surface area contributed by atoms with Crippen LogP contribution in [0.2, 0.25) is 0 Å². The fraction of sp³-hybridized carbons (Fsp3) is 0.263. The molecule has 0 radical (unpaired) electrons. The average Bonchev–Trinajstić information content (AvgIpc) is 2.72. The van der Waals surface area contributed by atoms with Crippen molar-refractivity contribution in [2.45, 2.75) is 25.8 Å². The molecule has 25 heavy (non-hydrogen) atoms. The van der Waals surface area contributed by atoms with Crippen LogP contribution in [0.5, 0.6) is 0 Å². The number of hydrogen-bond donors (Lipinski definition) is 1. The molecule has 3 rings (SSSR count). The number of halogens is 2. The number of nitrogens with zero attached hydrogens (tertiary/aromatic N) is 1. The maximum absolute atomic E-state index is 13.9. The average molecular weight is 344 g/mol. The smallest absolute Gasteiger partial charge is 0.244 e. The summed E-state index contributed by atoms with van der Waals surface area (Å²) < 4.78 is 27.2. The van der Waals surface area contributed by atoms with Gasteiger partial charge in [-0.05, 0) is 42.3 Å². The van der Waals surface area contributed by atoms with E-state index < -0.39 is 17.7 Å².